The van der Waals surface area contributed by atoms with Crippen LogP contribution >= 0.6 is 0 Å². The lowest BCUT2D eigenvalue weighted by Crippen LogP contribution is -1.90. The molecule has 176 valence electrons. The molecule has 0 aliphatic heterocycles. The van der Waals surface area contributed by atoms with Crippen LogP contribution < -0.4 is 9.47 Å². The Morgan fingerprint density at radius 2 is 0.722 bits per heavy atom. The average Bonchev–Trinajstić information content (AvgIpc) is 2.91. The molecule has 5 aromatic carbocycles. The summed E-state index contributed by atoms with van der Waals surface area (Å²) in [6, 6.07) is 39.7. The largest absolute Gasteiger partial charge is 0.457 e. The van der Waals surface area contributed by atoms with Crippen molar-refractivity contribution < 1.29 is 14.3 Å². The Kier molecular flexibility index (Phi) is 6.63. The molecule has 0 radical (unpaired) electrons. The first kappa shape index (κ1) is 23.1. The lowest BCUT2D eigenvalue weighted by Gasteiger charge is -2.09. The van der Waals surface area contributed by atoms with E-state index in [-0.39, 0.29) is 5.78 Å². The number of rotatable bonds is 7. The van der Waals surface area contributed by atoms with E-state index in [1.807, 2.05) is 97.1 Å². The summed E-state index contributed by atoms with van der Waals surface area (Å²) in [5.74, 6) is 3.25. The molecule has 36 heavy (non-hydrogen) atoms. The number of carbonyl (C=O) groups is 1. The number of ether oxygens (including phenoxy) is 2. The summed E-state index contributed by atoms with van der Waals surface area (Å²) >= 11 is 0. The van der Waals surface area contributed by atoms with Gasteiger partial charge in [-0.25, -0.2) is 0 Å². The van der Waals surface area contributed by atoms with Gasteiger partial charge in [-0.05, 0) is 84.6 Å². The summed E-state index contributed by atoms with van der Waals surface area (Å²) in [6.45, 7) is 3.63. The molecule has 0 aromatic heterocycles. The van der Waals surface area contributed by atoms with Crippen molar-refractivity contribution in [1.29, 1.82) is 0 Å². The van der Waals surface area contributed by atoms with Crippen LogP contribution in [-0.2, 0) is 0 Å². The number of ketones is 1. The number of hydrogen-bond acceptors (Lipinski definition) is 3. The summed E-state index contributed by atoms with van der Waals surface area (Å²) in [7, 11) is 0. The number of aryl methyl sites for hydroxylation is 1. The highest BCUT2D eigenvalue weighted by molar-refractivity contribution is 5.94. The van der Waals surface area contributed by atoms with Crippen molar-refractivity contribution in [3.05, 3.63) is 132 Å². The lowest BCUT2D eigenvalue weighted by atomic mass is 10.0. The van der Waals surface area contributed by atoms with Crippen LogP contribution in [0.3, 0.4) is 0 Å². The van der Waals surface area contributed by atoms with Gasteiger partial charge >= 0.3 is 0 Å². The Balaban J connectivity index is 1.22. The maximum Gasteiger partial charge on any atom is 0.159 e. The van der Waals surface area contributed by atoms with Crippen LogP contribution in [0, 0.1) is 6.92 Å². The normalized spacial score (nSPS) is 10.6. The van der Waals surface area contributed by atoms with E-state index >= 15 is 0 Å². The summed E-state index contributed by atoms with van der Waals surface area (Å²) in [5, 5.41) is 0. The van der Waals surface area contributed by atoms with E-state index in [2.05, 4.69) is 31.2 Å². The Labute approximate surface area is 211 Å². The minimum absolute atomic E-state index is 0.0699. The third kappa shape index (κ3) is 5.53. The molecular formula is C33H26O3. The second kappa shape index (κ2) is 10.3. The molecule has 0 atom stereocenters. The summed E-state index contributed by atoms with van der Waals surface area (Å²) in [4.78, 5) is 11.5. The fourth-order valence-electron chi connectivity index (χ4n) is 3.92. The van der Waals surface area contributed by atoms with E-state index in [1.54, 1.807) is 6.92 Å². The molecular weight excluding hydrogens is 444 g/mol. The van der Waals surface area contributed by atoms with Crippen molar-refractivity contribution in [1.82, 2.24) is 0 Å². The maximum absolute atomic E-state index is 11.5. The predicted octanol–water partition coefficient (Wildman–Crippen LogP) is 9.12. The number of carbonyl (C=O) groups excluding carboxylic acids is 1. The van der Waals surface area contributed by atoms with Gasteiger partial charge in [0.05, 0.1) is 0 Å². The van der Waals surface area contributed by atoms with E-state index in [9.17, 15) is 4.79 Å². The van der Waals surface area contributed by atoms with Crippen molar-refractivity contribution in [3.63, 3.8) is 0 Å². The van der Waals surface area contributed by atoms with Gasteiger partial charge in [0.1, 0.15) is 23.0 Å². The molecule has 0 spiro atoms. The van der Waals surface area contributed by atoms with Crippen molar-refractivity contribution in [2.45, 2.75) is 13.8 Å². The molecule has 0 saturated carbocycles. The highest BCUT2D eigenvalue weighted by atomic mass is 16.5. The molecule has 0 bridgehead atoms. The first-order valence-corrected chi connectivity index (χ1v) is 11.9. The van der Waals surface area contributed by atoms with Crippen molar-refractivity contribution in [2.75, 3.05) is 0 Å². The molecule has 0 unspecified atom stereocenters. The standard InChI is InChI=1S/C33H26O3/c1-23-3-15-30(16-4-23)35-31-19-11-28(12-20-31)29-13-21-33(22-14-29)36-32-17-9-27(10-18-32)26-7-5-25(6-8-26)24(2)34/h3-22H,1-2H3. The third-order valence-electron chi connectivity index (χ3n) is 6.01. The zero-order chi connectivity index (χ0) is 24.9. The molecule has 3 nitrogen and oxygen atoms in total. The molecule has 0 amide bonds. The zero-order valence-corrected chi connectivity index (χ0v) is 20.3. The van der Waals surface area contributed by atoms with Crippen LogP contribution in [0.5, 0.6) is 23.0 Å². The second-order valence-electron chi connectivity index (χ2n) is 8.72. The van der Waals surface area contributed by atoms with Gasteiger partial charge in [0.15, 0.2) is 5.78 Å². The van der Waals surface area contributed by atoms with Gasteiger partial charge in [0.25, 0.3) is 0 Å². The van der Waals surface area contributed by atoms with Crippen LogP contribution in [-0.4, -0.2) is 5.78 Å². The van der Waals surface area contributed by atoms with Crippen LogP contribution in [0.25, 0.3) is 22.3 Å². The summed E-state index contributed by atoms with van der Waals surface area (Å²) < 4.78 is 12.0. The SMILES string of the molecule is CC(=O)c1ccc(-c2ccc(Oc3ccc(-c4ccc(Oc5ccc(C)cc5)cc4)cc3)cc2)cc1. The molecule has 0 aliphatic rings. The monoisotopic (exact) mass is 470 g/mol. The van der Waals surface area contributed by atoms with Crippen LogP contribution in [0.4, 0.5) is 0 Å². The third-order valence-corrected chi connectivity index (χ3v) is 6.01. The Bertz CT molecular complexity index is 1450. The highest BCUT2D eigenvalue weighted by Gasteiger charge is 2.05. The van der Waals surface area contributed by atoms with Crippen molar-refractivity contribution in [3.8, 4) is 45.3 Å². The first-order valence-electron chi connectivity index (χ1n) is 11.9. The fraction of sp³-hybridized carbons (Fsp3) is 0.0606. The Morgan fingerprint density at radius 1 is 0.444 bits per heavy atom. The molecule has 0 heterocycles. The maximum atomic E-state index is 11.5. The highest BCUT2D eigenvalue weighted by Crippen LogP contribution is 2.30. The quantitative estimate of drug-likeness (QED) is 0.223. The van der Waals surface area contributed by atoms with Gasteiger partial charge in [-0.3, -0.25) is 4.79 Å². The summed E-state index contributed by atoms with van der Waals surface area (Å²) in [5.41, 5.74) is 6.27. The minimum Gasteiger partial charge on any atom is -0.457 e. The van der Waals surface area contributed by atoms with Gasteiger partial charge in [-0.2, -0.15) is 0 Å². The van der Waals surface area contributed by atoms with Gasteiger partial charge in [-0.15, -0.1) is 0 Å². The van der Waals surface area contributed by atoms with Gasteiger partial charge in [0, 0.05) is 5.56 Å². The number of Topliss-reactive ketones (excluding diaryl/α,β-unsaturated/α-hetero) is 1. The van der Waals surface area contributed by atoms with Gasteiger partial charge < -0.3 is 9.47 Å². The number of benzene rings is 5. The fourth-order valence-corrected chi connectivity index (χ4v) is 3.92. The van der Waals surface area contributed by atoms with Crippen molar-refractivity contribution >= 4 is 5.78 Å². The molecule has 3 heteroatoms. The van der Waals surface area contributed by atoms with Crippen molar-refractivity contribution in [2.24, 2.45) is 0 Å². The molecule has 0 aliphatic carbocycles. The lowest BCUT2D eigenvalue weighted by molar-refractivity contribution is 0.101. The predicted molar refractivity (Wildman–Crippen MR) is 145 cm³/mol. The molecule has 0 N–H and O–H groups in total. The number of hydrogen-bond donors (Lipinski definition) is 0. The van der Waals surface area contributed by atoms with Crippen LogP contribution in [0.15, 0.2) is 121 Å². The van der Waals surface area contributed by atoms with Crippen LogP contribution in [0.2, 0.25) is 0 Å². The topological polar surface area (TPSA) is 35.5 Å². The van der Waals surface area contributed by atoms with E-state index in [1.165, 1.54) is 5.56 Å². The van der Waals surface area contributed by atoms with E-state index in [0.717, 1.165) is 45.3 Å². The first-order chi connectivity index (χ1) is 17.5. The Morgan fingerprint density at radius 3 is 1.03 bits per heavy atom. The molecule has 0 fully saturated rings. The smallest absolute Gasteiger partial charge is 0.159 e. The van der Waals surface area contributed by atoms with E-state index in [0.29, 0.717) is 5.56 Å². The average molecular weight is 471 g/mol. The zero-order valence-electron chi connectivity index (χ0n) is 20.3. The van der Waals surface area contributed by atoms with E-state index < -0.39 is 0 Å². The van der Waals surface area contributed by atoms with Gasteiger partial charge in [-0.1, -0.05) is 78.4 Å². The van der Waals surface area contributed by atoms with Gasteiger partial charge in [0.2, 0.25) is 0 Å². The van der Waals surface area contributed by atoms with Crippen LogP contribution in [0.1, 0.15) is 22.8 Å². The molecule has 5 aromatic rings. The Hall–Kier alpha value is -4.63. The van der Waals surface area contributed by atoms with E-state index in [4.69, 9.17) is 9.47 Å². The summed E-state index contributed by atoms with van der Waals surface area (Å²) in [6.07, 6.45) is 0. The molecule has 5 rings (SSSR count). The molecule has 0 saturated heterocycles. The second-order valence-corrected chi connectivity index (χ2v) is 8.72. The minimum atomic E-state index is 0.0699.